The fraction of sp³-hybridized carbons (Fsp3) is 0.0200. The van der Waals surface area contributed by atoms with Gasteiger partial charge in [0.1, 0.15) is 0 Å². The highest BCUT2D eigenvalue weighted by molar-refractivity contribution is 7.25. The summed E-state index contributed by atoms with van der Waals surface area (Å²) in [5.41, 5.74) is 12.0. The van der Waals surface area contributed by atoms with Gasteiger partial charge in [0.2, 0.25) is 0 Å². The molecule has 8 aromatic carbocycles. The van der Waals surface area contributed by atoms with Gasteiger partial charge >= 0.3 is 0 Å². The molecule has 0 spiro atoms. The van der Waals surface area contributed by atoms with E-state index in [1.165, 1.54) is 69.9 Å². The van der Waals surface area contributed by atoms with Crippen molar-refractivity contribution < 1.29 is 0 Å². The highest BCUT2D eigenvalue weighted by Gasteiger charge is 2.34. The molecule has 0 amide bonds. The van der Waals surface area contributed by atoms with Gasteiger partial charge in [0.05, 0.1) is 0 Å². The molecule has 10 aromatic rings. The Hall–Kier alpha value is -6.75. The minimum absolute atomic E-state index is 0.0536. The Balaban J connectivity index is 1.09. The van der Waals surface area contributed by atoms with Gasteiger partial charge in [-0.25, -0.2) is 15.0 Å². The lowest BCUT2D eigenvalue weighted by Crippen LogP contribution is -2.03. The summed E-state index contributed by atoms with van der Waals surface area (Å²) in [4.78, 5) is 14.9. The Morgan fingerprint density at radius 3 is 1.67 bits per heavy atom. The number of nitrogens with zero attached hydrogens (tertiary/aromatic N) is 3. The van der Waals surface area contributed by atoms with Crippen molar-refractivity contribution in [3.05, 3.63) is 199 Å². The van der Waals surface area contributed by atoms with Crippen LogP contribution in [0.4, 0.5) is 0 Å². The van der Waals surface area contributed by atoms with E-state index in [-0.39, 0.29) is 5.92 Å². The second-order valence-corrected chi connectivity index (χ2v) is 15.0. The van der Waals surface area contributed by atoms with Crippen LogP contribution in [0.25, 0.3) is 87.4 Å². The standard InChI is InChI=1S/C50H31N3S/c1-3-13-32(14-4-1)48-51-49(33-15-5-2-6-16-33)53-50(52-48)34-25-23-31(24-26-34)45-40-21-10-9-19-38(40)42-29-35-17-7-8-18-37(35)46(47(42)45)36-27-28-44-41(30-36)39-20-11-12-22-43(39)54-44/h1-30,45H. The summed E-state index contributed by atoms with van der Waals surface area (Å²) in [7, 11) is 0. The molecular formula is C50H31N3S. The first-order valence-electron chi connectivity index (χ1n) is 18.3. The maximum absolute atomic E-state index is 5.01. The largest absolute Gasteiger partial charge is 0.208 e. The molecule has 252 valence electrons. The van der Waals surface area contributed by atoms with Gasteiger partial charge in [-0.2, -0.15) is 0 Å². The molecule has 0 saturated heterocycles. The lowest BCUT2D eigenvalue weighted by Gasteiger charge is -2.21. The average Bonchev–Trinajstić information content (AvgIpc) is 3.78. The minimum Gasteiger partial charge on any atom is -0.208 e. The first kappa shape index (κ1) is 30.8. The van der Waals surface area contributed by atoms with Gasteiger partial charge in [-0.1, -0.05) is 158 Å². The van der Waals surface area contributed by atoms with Gasteiger partial charge in [0, 0.05) is 42.8 Å². The van der Waals surface area contributed by atoms with E-state index in [1.54, 1.807) is 0 Å². The summed E-state index contributed by atoms with van der Waals surface area (Å²) in [6.07, 6.45) is 0. The Morgan fingerprint density at radius 2 is 0.944 bits per heavy atom. The van der Waals surface area contributed by atoms with Crippen molar-refractivity contribution in [1.29, 1.82) is 0 Å². The molecule has 1 aliphatic rings. The van der Waals surface area contributed by atoms with Crippen LogP contribution in [0, 0.1) is 0 Å². The number of thiophene rings is 1. The molecule has 4 heteroatoms. The third-order valence-corrected chi connectivity index (χ3v) is 12.0. The zero-order valence-corrected chi connectivity index (χ0v) is 30.0. The van der Waals surface area contributed by atoms with E-state index in [0.29, 0.717) is 17.5 Å². The van der Waals surface area contributed by atoms with Crippen LogP contribution in [0.3, 0.4) is 0 Å². The molecule has 1 atom stereocenters. The van der Waals surface area contributed by atoms with Gasteiger partial charge in [-0.3, -0.25) is 0 Å². The number of hydrogen-bond donors (Lipinski definition) is 0. The van der Waals surface area contributed by atoms with Crippen LogP contribution in [0.5, 0.6) is 0 Å². The fourth-order valence-corrected chi connectivity index (χ4v) is 9.42. The number of fused-ring (bicyclic) bond motifs is 7. The van der Waals surface area contributed by atoms with Crippen LogP contribution in [-0.2, 0) is 0 Å². The molecular weight excluding hydrogens is 675 g/mol. The Morgan fingerprint density at radius 1 is 0.389 bits per heavy atom. The third kappa shape index (κ3) is 4.99. The number of rotatable bonds is 5. The van der Waals surface area contributed by atoms with Gasteiger partial charge in [0.15, 0.2) is 17.5 Å². The van der Waals surface area contributed by atoms with Crippen molar-refractivity contribution in [3.8, 4) is 56.4 Å². The summed E-state index contributed by atoms with van der Waals surface area (Å²) in [5, 5.41) is 5.16. The SMILES string of the molecule is c1ccc(-c2nc(-c3ccccc3)nc(-c3ccc(C4c5ccccc5-c5cc6ccccc6c(-c6ccc7sc8ccccc8c7c6)c54)cc3)n2)cc1. The molecule has 0 fully saturated rings. The predicted molar refractivity (Wildman–Crippen MR) is 225 cm³/mol. The van der Waals surface area contributed by atoms with Crippen LogP contribution in [-0.4, -0.2) is 15.0 Å². The van der Waals surface area contributed by atoms with E-state index in [1.807, 2.05) is 72.0 Å². The van der Waals surface area contributed by atoms with Crippen molar-refractivity contribution in [2.75, 3.05) is 0 Å². The molecule has 1 unspecified atom stereocenters. The Bertz CT molecular complexity index is 2980. The Kier molecular flexibility index (Phi) is 7.10. The lowest BCUT2D eigenvalue weighted by molar-refractivity contribution is 1.02. The molecule has 2 heterocycles. The molecule has 0 bridgehead atoms. The second-order valence-electron chi connectivity index (χ2n) is 13.9. The smallest absolute Gasteiger partial charge is 0.164 e. The van der Waals surface area contributed by atoms with Gasteiger partial charge < -0.3 is 0 Å². The van der Waals surface area contributed by atoms with Crippen molar-refractivity contribution in [2.45, 2.75) is 5.92 Å². The second kappa shape index (κ2) is 12.4. The van der Waals surface area contributed by atoms with Crippen LogP contribution in [0.2, 0.25) is 0 Å². The van der Waals surface area contributed by atoms with Gasteiger partial charge in [-0.15, -0.1) is 11.3 Å². The molecule has 0 saturated carbocycles. The van der Waals surface area contributed by atoms with Crippen LogP contribution in [0.1, 0.15) is 22.6 Å². The van der Waals surface area contributed by atoms with Crippen LogP contribution < -0.4 is 0 Å². The van der Waals surface area contributed by atoms with E-state index in [9.17, 15) is 0 Å². The first-order chi connectivity index (χ1) is 26.8. The normalized spacial score (nSPS) is 13.4. The zero-order valence-electron chi connectivity index (χ0n) is 29.1. The van der Waals surface area contributed by atoms with Gasteiger partial charge in [0.25, 0.3) is 0 Å². The summed E-state index contributed by atoms with van der Waals surface area (Å²) >= 11 is 1.87. The number of benzene rings is 8. The predicted octanol–water partition coefficient (Wildman–Crippen LogP) is 13.2. The van der Waals surface area contributed by atoms with E-state index in [0.717, 1.165) is 16.7 Å². The monoisotopic (exact) mass is 705 g/mol. The molecule has 54 heavy (non-hydrogen) atoms. The molecule has 2 aromatic heterocycles. The Labute approximate surface area is 316 Å². The molecule has 1 aliphatic carbocycles. The van der Waals surface area contributed by atoms with E-state index in [2.05, 4.69) is 121 Å². The molecule has 0 N–H and O–H groups in total. The summed E-state index contributed by atoms with van der Waals surface area (Å²) < 4.78 is 2.64. The van der Waals surface area contributed by atoms with Gasteiger partial charge in [-0.05, 0) is 74.0 Å². The quantitative estimate of drug-likeness (QED) is 0.179. The fourth-order valence-electron chi connectivity index (χ4n) is 8.34. The maximum Gasteiger partial charge on any atom is 0.164 e. The van der Waals surface area contributed by atoms with Crippen molar-refractivity contribution in [1.82, 2.24) is 15.0 Å². The first-order valence-corrected chi connectivity index (χ1v) is 19.1. The summed E-state index contributed by atoms with van der Waals surface area (Å²) in [6.45, 7) is 0. The van der Waals surface area contributed by atoms with E-state index >= 15 is 0 Å². The topological polar surface area (TPSA) is 38.7 Å². The van der Waals surface area contributed by atoms with E-state index < -0.39 is 0 Å². The van der Waals surface area contributed by atoms with Crippen LogP contribution >= 0.6 is 11.3 Å². The van der Waals surface area contributed by atoms with Crippen molar-refractivity contribution >= 4 is 42.3 Å². The average molecular weight is 706 g/mol. The van der Waals surface area contributed by atoms with E-state index in [4.69, 9.17) is 15.0 Å². The highest BCUT2D eigenvalue weighted by Crippen LogP contribution is 2.54. The van der Waals surface area contributed by atoms with Crippen LogP contribution in [0.15, 0.2) is 182 Å². The third-order valence-electron chi connectivity index (χ3n) is 10.8. The maximum atomic E-state index is 5.01. The number of aromatic nitrogens is 3. The number of hydrogen-bond acceptors (Lipinski definition) is 4. The summed E-state index contributed by atoms with van der Waals surface area (Å²) in [6, 6.07) is 65.2. The lowest BCUT2D eigenvalue weighted by atomic mass is 9.82. The highest BCUT2D eigenvalue weighted by atomic mass is 32.1. The molecule has 3 nitrogen and oxygen atoms in total. The molecule has 0 aliphatic heterocycles. The summed E-state index contributed by atoms with van der Waals surface area (Å²) in [5.74, 6) is 2.03. The molecule has 11 rings (SSSR count). The minimum atomic E-state index is 0.0536. The van der Waals surface area contributed by atoms with Crippen molar-refractivity contribution in [3.63, 3.8) is 0 Å². The van der Waals surface area contributed by atoms with Crippen molar-refractivity contribution in [2.24, 2.45) is 0 Å². The zero-order chi connectivity index (χ0) is 35.6. The molecule has 0 radical (unpaired) electrons.